The summed E-state index contributed by atoms with van der Waals surface area (Å²) in [6.07, 6.45) is 9.00. The molecule has 0 unspecified atom stereocenters. The lowest BCUT2D eigenvalue weighted by molar-refractivity contribution is 0.255. The van der Waals surface area contributed by atoms with E-state index in [0.29, 0.717) is 5.92 Å². The van der Waals surface area contributed by atoms with Crippen molar-refractivity contribution in [1.29, 1.82) is 0 Å². The molecule has 0 aliphatic heterocycles. The van der Waals surface area contributed by atoms with Crippen molar-refractivity contribution >= 4 is 11.7 Å². The Bertz CT molecular complexity index is 491. The first-order valence-electron chi connectivity index (χ1n) is 7.38. The molecule has 1 aromatic rings. The Morgan fingerprint density at radius 2 is 1.75 bits per heavy atom. The maximum atomic E-state index is 11.9. The van der Waals surface area contributed by atoms with Crippen LogP contribution < -0.4 is 10.6 Å². The molecule has 0 radical (unpaired) electrons. The highest BCUT2D eigenvalue weighted by atomic mass is 16.2. The maximum Gasteiger partial charge on any atom is 0.323 e. The molecule has 0 saturated heterocycles. The second-order valence-corrected chi connectivity index (χ2v) is 5.78. The minimum atomic E-state index is -0.172. The van der Waals surface area contributed by atoms with Gasteiger partial charge in [-0.25, -0.2) is 4.79 Å². The van der Waals surface area contributed by atoms with Gasteiger partial charge in [0.25, 0.3) is 0 Å². The van der Waals surface area contributed by atoms with Gasteiger partial charge in [0.1, 0.15) is 0 Å². The van der Waals surface area contributed by atoms with E-state index in [4.69, 9.17) is 0 Å². The summed E-state index contributed by atoms with van der Waals surface area (Å²) < 4.78 is 0. The number of urea groups is 1. The molecule has 2 N–H and O–H groups in total. The topological polar surface area (TPSA) is 41.1 Å². The van der Waals surface area contributed by atoms with Gasteiger partial charge in [-0.05, 0) is 50.7 Å². The van der Waals surface area contributed by atoms with Crippen LogP contribution in [0.2, 0.25) is 0 Å². The normalized spacial score (nSPS) is 15.8. The van der Waals surface area contributed by atoms with E-state index in [2.05, 4.69) is 35.8 Å². The lowest BCUT2D eigenvalue weighted by Gasteiger charge is -2.12. The van der Waals surface area contributed by atoms with Gasteiger partial charge in [0.15, 0.2) is 0 Å². The zero-order valence-electron chi connectivity index (χ0n) is 12.6. The van der Waals surface area contributed by atoms with Gasteiger partial charge in [-0.15, -0.1) is 0 Å². The van der Waals surface area contributed by atoms with Crippen molar-refractivity contribution in [1.82, 2.24) is 5.32 Å². The minimum Gasteiger partial charge on any atom is -0.315 e. The average molecular weight is 272 g/mol. The highest BCUT2D eigenvalue weighted by molar-refractivity contribution is 5.91. The van der Waals surface area contributed by atoms with Gasteiger partial charge in [-0.1, -0.05) is 36.6 Å². The summed E-state index contributed by atoms with van der Waals surface area (Å²) >= 11 is 0. The zero-order chi connectivity index (χ0) is 14.5. The van der Waals surface area contributed by atoms with Crippen LogP contribution in [0.1, 0.15) is 42.4 Å². The molecule has 3 heteroatoms. The van der Waals surface area contributed by atoms with E-state index >= 15 is 0 Å². The standard InChI is InChI=1S/C17H24N2O/c1-12-10-13(2)16(14(3)11-12)19-17(20)18-9-8-15-6-4-5-7-15/h8-11,15H,4-7H2,1-3H3,(H2,18,19,20)/b9-8+. The SMILES string of the molecule is Cc1cc(C)c(NC(=O)N/C=C/C2CCCC2)c(C)c1. The minimum absolute atomic E-state index is 0.172. The fourth-order valence-electron chi connectivity index (χ4n) is 2.94. The third-order valence-electron chi connectivity index (χ3n) is 3.90. The quantitative estimate of drug-likeness (QED) is 0.839. The summed E-state index contributed by atoms with van der Waals surface area (Å²) in [6.45, 7) is 6.10. The van der Waals surface area contributed by atoms with Crippen molar-refractivity contribution in [2.45, 2.75) is 46.5 Å². The van der Waals surface area contributed by atoms with Gasteiger partial charge in [-0.3, -0.25) is 0 Å². The molecular formula is C17H24N2O. The van der Waals surface area contributed by atoms with Gasteiger partial charge in [-0.2, -0.15) is 0 Å². The fraction of sp³-hybridized carbons (Fsp3) is 0.471. The van der Waals surface area contributed by atoms with Crippen LogP contribution in [-0.2, 0) is 0 Å². The maximum absolute atomic E-state index is 11.9. The van der Waals surface area contributed by atoms with Crippen molar-refractivity contribution in [2.75, 3.05) is 5.32 Å². The Labute approximate surface area is 121 Å². The van der Waals surface area contributed by atoms with E-state index in [1.54, 1.807) is 6.20 Å². The summed E-state index contributed by atoms with van der Waals surface area (Å²) in [5.74, 6) is 0.637. The van der Waals surface area contributed by atoms with Crippen molar-refractivity contribution in [3.05, 3.63) is 41.1 Å². The van der Waals surface area contributed by atoms with E-state index < -0.39 is 0 Å². The molecule has 0 bridgehead atoms. The van der Waals surface area contributed by atoms with Gasteiger partial charge < -0.3 is 10.6 Å². The van der Waals surface area contributed by atoms with Gasteiger partial charge in [0.05, 0.1) is 0 Å². The van der Waals surface area contributed by atoms with Crippen LogP contribution in [0.15, 0.2) is 24.4 Å². The van der Waals surface area contributed by atoms with Crippen LogP contribution in [0.25, 0.3) is 0 Å². The molecular weight excluding hydrogens is 248 g/mol. The Kier molecular flexibility index (Phi) is 4.83. The molecule has 1 aliphatic carbocycles. The summed E-state index contributed by atoms with van der Waals surface area (Å²) in [5.41, 5.74) is 4.31. The molecule has 1 saturated carbocycles. The molecule has 1 fully saturated rings. The largest absolute Gasteiger partial charge is 0.323 e. The fourth-order valence-corrected chi connectivity index (χ4v) is 2.94. The smallest absolute Gasteiger partial charge is 0.315 e. The molecule has 0 aromatic heterocycles. The molecule has 20 heavy (non-hydrogen) atoms. The second-order valence-electron chi connectivity index (χ2n) is 5.78. The van der Waals surface area contributed by atoms with Crippen molar-refractivity contribution in [3.8, 4) is 0 Å². The van der Waals surface area contributed by atoms with E-state index in [1.807, 2.05) is 13.8 Å². The van der Waals surface area contributed by atoms with E-state index in [1.165, 1.54) is 31.2 Å². The first-order valence-corrected chi connectivity index (χ1v) is 7.38. The molecule has 3 nitrogen and oxygen atoms in total. The number of allylic oxidation sites excluding steroid dienone is 1. The Balaban J connectivity index is 1.91. The van der Waals surface area contributed by atoms with Gasteiger partial charge in [0, 0.05) is 11.9 Å². The van der Waals surface area contributed by atoms with E-state index in [-0.39, 0.29) is 6.03 Å². The number of carbonyl (C=O) groups is 1. The summed E-state index contributed by atoms with van der Waals surface area (Å²) in [5, 5.41) is 5.73. The third-order valence-corrected chi connectivity index (χ3v) is 3.90. The van der Waals surface area contributed by atoms with Crippen molar-refractivity contribution in [2.24, 2.45) is 5.92 Å². The number of aryl methyl sites for hydroxylation is 3. The van der Waals surface area contributed by atoms with Crippen molar-refractivity contribution < 1.29 is 4.79 Å². The van der Waals surface area contributed by atoms with Crippen LogP contribution in [0.3, 0.4) is 0 Å². The summed E-state index contributed by atoms with van der Waals surface area (Å²) in [6, 6.07) is 3.99. The molecule has 0 atom stereocenters. The number of benzene rings is 1. The number of anilines is 1. The lowest BCUT2D eigenvalue weighted by Crippen LogP contribution is -2.25. The van der Waals surface area contributed by atoms with Crippen LogP contribution in [-0.4, -0.2) is 6.03 Å². The molecule has 1 aliphatic rings. The van der Waals surface area contributed by atoms with Crippen molar-refractivity contribution in [3.63, 3.8) is 0 Å². The van der Waals surface area contributed by atoms with Gasteiger partial charge >= 0.3 is 6.03 Å². The highest BCUT2D eigenvalue weighted by Crippen LogP contribution is 2.25. The highest BCUT2D eigenvalue weighted by Gasteiger charge is 2.11. The molecule has 2 rings (SSSR count). The average Bonchev–Trinajstić information content (AvgIpc) is 2.87. The number of amides is 2. The van der Waals surface area contributed by atoms with Gasteiger partial charge in [0.2, 0.25) is 0 Å². The van der Waals surface area contributed by atoms with Crippen LogP contribution in [0, 0.1) is 26.7 Å². The number of carbonyl (C=O) groups excluding carboxylic acids is 1. The monoisotopic (exact) mass is 272 g/mol. The first-order chi connectivity index (χ1) is 9.56. The van der Waals surface area contributed by atoms with Crippen LogP contribution in [0.4, 0.5) is 10.5 Å². The predicted molar refractivity (Wildman–Crippen MR) is 83.9 cm³/mol. The summed E-state index contributed by atoms with van der Waals surface area (Å²) in [7, 11) is 0. The Morgan fingerprint density at radius 3 is 2.35 bits per heavy atom. The van der Waals surface area contributed by atoms with E-state index in [0.717, 1.165) is 16.8 Å². The Morgan fingerprint density at radius 1 is 1.15 bits per heavy atom. The molecule has 0 spiro atoms. The Hall–Kier alpha value is -1.77. The molecule has 2 amide bonds. The second kappa shape index (κ2) is 6.60. The van der Waals surface area contributed by atoms with Crippen LogP contribution >= 0.6 is 0 Å². The lowest BCUT2D eigenvalue weighted by atomic mass is 10.1. The molecule has 1 aromatic carbocycles. The molecule has 0 heterocycles. The van der Waals surface area contributed by atoms with Crippen LogP contribution in [0.5, 0.6) is 0 Å². The predicted octanol–water partition coefficient (Wildman–Crippen LogP) is 4.44. The first kappa shape index (κ1) is 14.6. The summed E-state index contributed by atoms with van der Waals surface area (Å²) in [4.78, 5) is 11.9. The molecule has 108 valence electrons. The number of hydrogen-bond acceptors (Lipinski definition) is 1. The number of rotatable bonds is 3. The number of nitrogens with one attached hydrogen (secondary N) is 2. The number of hydrogen-bond donors (Lipinski definition) is 2. The zero-order valence-corrected chi connectivity index (χ0v) is 12.6. The van der Waals surface area contributed by atoms with E-state index in [9.17, 15) is 4.79 Å². The third kappa shape index (κ3) is 3.86.